The molecule has 1 atom stereocenters. The Morgan fingerprint density at radius 2 is 1.94 bits per heavy atom. The Labute approximate surface area is 98.8 Å². The van der Waals surface area contributed by atoms with E-state index in [9.17, 15) is 13.2 Å². The minimum atomic E-state index is -4.30. The fourth-order valence-corrected chi connectivity index (χ4v) is 1.44. The maximum atomic E-state index is 12.6. The first kappa shape index (κ1) is 14.0. The maximum absolute atomic E-state index is 12.6. The summed E-state index contributed by atoms with van der Waals surface area (Å²) in [4.78, 5) is 0. The Balaban J connectivity index is 2.65. The second kappa shape index (κ2) is 6.02. The average molecular weight is 247 g/mol. The topological polar surface area (TPSA) is 21.3 Å². The van der Waals surface area contributed by atoms with Gasteiger partial charge in [0, 0.05) is 20.2 Å². The Morgan fingerprint density at radius 3 is 2.53 bits per heavy atom. The van der Waals surface area contributed by atoms with Crippen molar-refractivity contribution in [2.75, 3.05) is 13.7 Å². The zero-order valence-electron chi connectivity index (χ0n) is 9.84. The van der Waals surface area contributed by atoms with Gasteiger partial charge in [-0.1, -0.05) is 18.2 Å². The zero-order chi connectivity index (χ0) is 12.9. The summed E-state index contributed by atoms with van der Waals surface area (Å²) in [5.74, 6) is 0. The van der Waals surface area contributed by atoms with Gasteiger partial charge in [-0.3, -0.25) is 0 Å². The summed E-state index contributed by atoms with van der Waals surface area (Å²) in [7, 11) is 1.57. The van der Waals surface area contributed by atoms with E-state index in [1.54, 1.807) is 13.2 Å². The summed E-state index contributed by atoms with van der Waals surface area (Å²) in [5.41, 5.74) is -0.333. The molecular formula is C12H16F3NO. The van der Waals surface area contributed by atoms with Crippen molar-refractivity contribution in [3.8, 4) is 0 Å². The molecule has 0 saturated carbocycles. The van der Waals surface area contributed by atoms with Gasteiger partial charge in [0.25, 0.3) is 0 Å². The molecule has 1 aromatic carbocycles. The van der Waals surface area contributed by atoms with Crippen molar-refractivity contribution in [2.24, 2.45) is 0 Å². The van der Waals surface area contributed by atoms with Crippen LogP contribution in [0.1, 0.15) is 18.1 Å². The fourth-order valence-electron chi connectivity index (χ4n) is 1.44. The van der Waals surface area contributed by atoms with Crippen LogP contribution in [0.15, 0.2) is 24.3 Å². The lowest BCUT2D eigenvalue weighted by Gasteiger charge is -2.14. The predicted molar refractivity (Wildman–Crippen MR) is 59.6 cm³/mol. The first-order valence-corrected chi connectivity index (χ1v) is 5.33. The molecule has 0 spiro atoms. The normalized spacial score (nSPS) is 13.7. The van der Waals surface area contributed by atoms with Crippen LogP contribution in [0.25, 0.3) is 0 Å². The Kier molecular flexibility index (Phi) is 4.96. The molecule has 17 heavy (non-hydrogen) atoms. The van der Waals surface area contributed by atoms with E-state index in [1.165, 1.54) is 12.1 Å². The van der Waals surface area contributed by atoms with Gasteiger partial charge in [0.15, 0.2) is 0 Å². The number of halogens is 3. The molecule has 1 rings (SSSR count). The molecular weight excluding hydrogens is 231 g/mol. The fraction of sp³-hybridized carbons (Fsp3) is 0.500. The van der Waals surface area contributed by atoms with E-state index in [-0.39, 0.29) is 18.2 Å². The number of alkyl halides is 3. The van der Waals surface area contributed by atoms with Crippen LogP contribution >= 0.6 is 0 Å². The van der Waals surface area contributed by atoms with Gasteiger partial charge >= 0.3 is 6.18 Å². The molecule has 1 N–H and O–H groups in total. The summed E-state index contributed by atoms with van der Waals surface area (Å²) in [6.07, 6.45) is -4.32. The number of rotatable bonds is 5. The predicted octanol–water partition coefficient (Wildman–Crippen LogP) is 2.83. The van der Waals surface area contributed by atoms with Crippen LogP contribution in [0.5, 0.6) is 0 Å². The molecule has 0 aliphatic carbocycles. The molecule has 0 heterocycles. The van der Waals surface area contributed by atoms with E-state index in [0.717, 1.165) is 6.07 Å². The van der Waals surface area contributed by atoms with Gasteiger partial charge in [0.05, 0.1) is 11.7 Å². The zero-order valence-corrected chi connectivity index (χ0v) is 9.84. The molecule has 96 valence electrons. The Hall–Kier alpha value is -1.07. The van der Waals surface area contributed by atoms with Gasteiger partial charge < -0.3 is 10.1 Å². The minimum absolute atomic E-state index is 0.0203. The molecule has 0 aliphatic heterocycles. The standard InChI is InChI=1S/C12H16F3NO/c1-9(17-2)7-16-8-10-5-3-4-6-11(10)12(13,14)15/h3-6,9,16H,7-8H2,1-2H3. The highest BCUT2D eigenvalue weighted by atomic mass is 19.4. The minimum Gasteiger partial charge on any atom is -0.380 e. The van der Waals surface area contributed by atoms with Crippen LogP contribution in [0.4, 0.5) is 13.2 Å². The van der Waals surface area contributed by atoms with E-state index in [2.05, 4.69) is 5.32 Å². The smallest absolute Gasteiger partial charge is 0.380 e. The lowest BCUT2D eigenvalue weighted by molar-refractivity contribution is -0.138. The van der Waals surface area contributed by atoms with E-state index in [4.69, 9.17) is 4.74 Å². The van der Waals surface area contributed by atoms with E-state index in [1.807, 2.05) is 6.92 Å². The number of nitrogens with one attached hydrogen (secondary N) is 1. The molecule has 0 radical (unpaired) electrons. The number of methoxy groups -OCH3 is 1. The first-order chi connectivity index (χ1) is 7.95. The van der Waals surface area contributed by atoms with Crippen molar-refractivity contribution in [3.63, 3.8) is 0 Å². The quantitative estimate of drug-likeness (QED) is 0.863. The highest BCUT2D eigenvalue weighted by Crippen LogP contribution is 2.31. The molecule has 0 fully saturated rings. The Bertz CT molecular complexity index is 352. The molecule has 0 bridgehead atoms. The molecule has 2 nitrogen and oxygen atoms in total. The summed E-state index contributed by atoms with van der Waals surface area (Å²) < 4.78 is 42.9. The van der Waals surface area contributed by atoms with E-state index < -0.39 is 11.7 Å². The summed E-state index contributed by atoms with van der Waals surface area (Å²) in [6, 6.07) is 5.57. The van der Waals surface area contributed by atoms with Gasteiger partial charge in [-0.2, -0.15) is 13.2 Å². The lowest BCUT2D eigenvalue weighted by Crippen LogP contribution is -2.26. The van der Waals surface area contributed by atoms with Crippen LogP contribution in [0, 0.1) is 0 Å². The highest BCUT2D eigenvalue weighted by Gasteiger charge is 2.32. The monoisotopic (exact) mass is 247 g/mol. The molecule has 0 amide bonds. The first-order valence-electron chi connectivity index (χ1n) is 5.33. The third-order valence-corrected chi connectivity index (χ3v) is 2.47. The van der Waals surface area contributed by atoms with Gasteiger partial charge in [0.2, 0.25) is 0 Å². The Morgan fingerprint density at radius 1 is 1.29 bits per heavy atom. The lowest BCUT2D eigenvalue weighted by atomic mass is 10.1. The van der Waals surface area contributed by atoms with Crippen molar-refractivity contribution in [1.82, 2.24) is 5.32 Å². The largest absolute Gasteiger partial charge is 0.416 e. The van der Waals surface area contributed by atoms with Gasteiger partial charge in [-0.15, -0.1) is 0 Å². The molecule has 1 aromatic rings. The van der Waals surface area contributed by atoms with Crippen LogP contribution in [0.2, 0.25) is 0 Å². The van der Waals surface area contributed by atoms with Crippen molar-refractivity contribution in [3.05, 3.63) is 35.4 Å². The van der Waals surface area contributed by atoms with Gasteiger partial charge in [0.1, 0.15) is 0 Å². The van der Waals surface area contributed by atoms with E-state index in [0.29, 0.717) is 6.54 Å². The third-order valence-electron chi connectivity index (χ3n) is 2.47. The summed E-state index contributed by atoms with van der Waals surface area (Å²) in [6.45, 7) is 2.55. The van der Waals surface area contributed by atoms with Gasteiger partial charge in [-0.25, -0.2) is 0 Å². The average Bonchev–Trinajstić information content (AvgIpc) is 2.28. The highest BCUT2D eigenvalue weighted by molar-refractivity contribution is 5.29. The van der Waals surface area contributed by atoms with Crippen LogP contribution < -0.4 is 5.32 Å². The molecule has 0 aromatic heterocycles. The van der Waals surface area contributed by atoms with Crippen LogP contribution in [-0.2, 0) is 17.5 Å². The molecule has 0 aliphatic rings. The third kappa shape index (κ3) is 4.36. The molecule has 1 unspecified atom stereocenters. The summed E-state index contributed by atoms with van der Waals surface area (Å²) >= 11 is 0. The molecule has 0 saturated heterocycles. The second-order valence-corrected chi connectivity index (χ2v) is 3.83. The SMILES string of the molecule is COC(C)CNCc1ccccc1C(F)(F)F. The summed E-state index contributed by atoms with van der Waals surface area (Å²) in [5, 5.41) is 2.94. The van der Waals surface area contributed by atoms with Crippen LogP contribution in [-0.4, -0.2) is 19.8 Å². The number of benzene rings is 1. The second-order valence-electron chi connectivity index (χ2n) is 3.83. The molecule has 5 heteroatoms. The van der Waals surface area contributed by atoms with E-state index >= 15 is 0 Å². The number of ether oxygens (including phenoxy) is 1. The van der Waals surface area contributed by atoms with Gasteiger partial charge in [-0.05, 0) is 18.6 Å². The van der Waals surface area contributed by atoms with Crippen molar-refractivity contribution in [1.29, 1.82) is 0 Å². The van der Waals surface area contributed by atoms with Crippen LogP contribution in [0.3, 0.4) is 0 Å². The number of hydrogen-bond donors (Lipinski definition) is 1. The number of hydrogen-bond acceptors (Lipinski definition) is 2. The van der Waals surface area contributed by atoms with Crippen molar-refractivity contribution >= 4 is 0 Å². The van der Waals surface area contributed by atoms with Crippen molar-refractivity contribution < 1.29 is 17.9 Å². The maximum Gasteiger partial charge on any atom is 0.416 e. The van der Waals surface area contributed by atoms with Crippen molar-refractivity contribution in [2.45, 2.75) is 25.7 Å².